The molecule has 20 heavy (non-hydrogen) atoms. The van der Waals surface area contributed by atoms with E-state index in [4.69, 9.17) is 0 Å². The fourth-order valence-electron chi connectivity index (χ4n) is 4.03. The van der Waals surface area contributed by atoms with Crippen LogP contribution in [0.2, 0.25) is 0 Å². The van der Waals surface area contributed by atoms with Gasteiger partial charge in [0.15, 0.2) is 0 Å². The standard InChI is InChI=1S/C17H17NO2/c1-18-14-5-3-2-4-11(14)16-12-8-10(6-7-15(12)19)9-13(16)17(18)20/h2-5,10,12H,6-9H2,1H3/t10-,12-/m1/s1. The second-order valence-electron chi connectivity index (χ2n) is 6.14. The smallest absolute Gasteiger partial charge is 0.254 e. The van der Waals surface area contributed by atoms with Crippen molar-refractivity contribution in [2.75, 3.05) is 0 Å². The molecule has 0 N–H and O–H groups in total. The predicted octanol–water partition coefficient (Wildman–Crippen LogP) is 2.55. The first kappa shape index (κ1) is 11.9. The third kappa shape index (κ3) is 1.46. The third-order valence-electron chi connectivity index (χ3n) is 5.04. The normalized spacial score (nSPS) is 24.8. The SMILES string of the molecule is Cn1c(=O)c2c(c3ccccc31)[C@@H]1C[C@@H](CCC1=O)C2. The molecule has 2 aliphatic carbocycles. The molecule has 102 valence electrons. The van der Waals surface area contributed by atoms with Crippen molar-refractivity contribution in [2.45, 2.75) is 31.6 Å². The highest BCUT2D eigenvalue weighted by Gasteiger charge is 2.38. The second-order valence-corrected chi connectivity index (χ2v) is 6.14. The first-order chi connectivity index (χ1) is 9.66. The molecule has 1 saturated carbocycles. The van der Waals surface area contributed by atoms with E-state index in [-0.39, 0.29) is 11.5 Å². The van der Waals surface area contributed by atoms with Gasteiger partial charge in [0.05, 0.1) is 5.52 Å². The van der Waals surface area contributed by atoms with Crippen LogP contribution in [0.25, 0.3) is 10.9 Å². The van der Waals surface area contributed by atoms with Crippen molar-refractivity contribution in [1.29, 1.82) is 0 Å². The number of hydrogen-bond donors (Lipinski definition) is 0. The Morgan fingerprint density at radius 1 is 1.20 bits per heavy atom. The largest absolute Gasteiger partial charge is 0.311 e. The average Bonchev–Trinajstić information content (AvgIpc) is 2.48. The summed E-state index contributed by atoms with van der Waals surface area (Å²) in [5, 5.41) is 1.09. The maximum Gasteiger partial charge on any atom is 0.254 e. The van der Waals surface area contributed by atoms with E-state index in [0.717, 1.165) is 41.3 Å². The number of aryl methyl sites for hydroxylation is 1. The van der Waals surface area contributed by atoms with Crippen LogP contribution >= 0.6 is 0 Å². The molecule has 1 aromatic heterocycles. The Morgan fingerprint density at radius 2 is 2.00 bits per heavy atom. The number of ketones is 1. The van der Waals surface area contributed by atoms with Crippen molar-refractivity contribution in [1.82, 2.24) is 4.57 Å². The van der Waals surface area contributed by atoms with Gasteiger partial charge in [-0.1, -0.05) is 18.2 Å². The lowest BCUT2D eigenvalue weighted by atomic mass is 9.68. The molecule has 3 heteroatoms. The molecular formula is C17H17NO2. The van der Waals surface area contributed by atoms with Gasteiger partial charge in [-0.05, 0) is 36.8 Å². The topological polar surface area (TPSA) is 39.1 Å². The highest BCUT2D eigenvalue weighted by atomic mass is 16.1. The zero-order valence-electron chi connectivity index (χ0n) is 11.6. The Balaban J connectivity index is 2.14. The summed E-state index contributed by atoms with van der Waals surface area (Å²) in [7, 11) is 1.83. The summed E-state index contributed by atoms with van der Waals surface area (Å²) in [6, 6.07) is 7.96. The van der Waals surface area contributed by atoms with Crippen LogP contribution in [0.15, 0.2) is 29.1 Å². The summed E-state index contributed by atoms with van der Waals surface area (Å²) in [6.45, 7) is 0. The van der Waals surface area contributed by atoms with E-state index in [1.807, 2.05) is 25.2 Å². The highest BCUT2D eigenvalue weighted by molar-refractivity contribution is 5.94. The van der Waals surface area contributed by atoms with Crippen LogP contribution in [0.5, 0.6) is 0 Å². The number of fused-ring (bicyclic) bond motifs is 6. The number of nitrogens with zero attached hydrogens (tertiary/aromatic N) is 1. The molecule has 4 rings (SSSR count). The summed E-state index contributed by atoms with van der Waals surface area (Å²) in [4.78, 5) is 24.9. The average molecular weight is 267 g/mol. The van der Waals surface area contributed by atoms with Gasteiger partial charge in [-0.25, -0.2) is 0 Å². The molecule has 2 bridgehead atoms. The van der Waals surface area contributed by atoms with E-state index >= 15 is 0 Å². The molecule has 2 atom stereocenters. The third-order valence-corrected chi connectivity index (χ3v) is 5.04. The quantitative estimate of drug-likeness (QED) is 0.736. The van der Waals surface area contributed by atoms with Crippen molar-refractivity contribution in [3.05, 3.63) is 45.7 Å². The number of pyridine rings is 1. The monoisotopic (exact) mass is 267 g/mol. The van der Waals surface area contributed by atoms with Crippen molar-refractivity contribution in [3.63, 3.8) is 0 Å². The van der Waals surface area contributed by atoms with Crippen molar-refractivity contribution >= 4 is 16.7 Å². The number of Topliss-reactive ketones (excluding diaryl/α,β-unsaturated/α-hetero) is 1. The minimum absolute atomic E-state index is 0.0451. The van der Waals surface area contributed by atoms with Gasteiger partial charge in [0.25, 0.3) is 5.56 Å². The van der Waals surface area contributed by atoms with E-state index in [1.165, 1.54) is 0 Å². The van der Waals surface area contributed by atoms with Crippen molar-refractivity contribution in [2.24, 2.45) is 13.0 Å². The van der Waals surface area contributed by atoms with Gasteiger partial charge in [-0.2, -0.15) is 0 Å². The Morgan fingerprint density at radius 3 is 2.85 bits per heavy atom. The summed E-state index contributed by atoms with van der Waals surface area (Å²) >= 11 is 0. The number of aromatic nitrogens is 1. The molecule has 0 radical (unpaired) electrons. The van der Waals surface area contributed by atoms with E-state index in [1.54, 1.807) is 4.57 Å². The first-order valence-corrected chi connectivity index (χ1v) is 7.30. The van der Waals surface area contributed by atoms with E-state index in [2.05, 4.69) is 6.07 Å². The number of benzene rings is 1. The Bertz CT molecular complexity index is 787. The van der Waals surface area contributed by atoms with Crippen LogP contribution in [0.4, 0.5) is 0 Å². The van der Waals surface area contributed by atoms with Crippen LogP contribution in [0, 0.1) is 5.92 Å². The van der Waals surface area contributed by atoms with Gasteiger partial charge in [-0.15, -0.1) is 0 Å². The van der Waals surface area contributed by atoms with Gasteiger partial charge in [0.1, 0.15) is 5.78 Å². The molecular weight excluding hydrogens is 250 g/mol. The summed E-state index contributed by atoms with van der Waals surface area (Å²) in [5.41, 5.74) is 2.95. The number of carbonyl (C=O) groups excluding carboxylic acids is 1. The minimum atomic E-state index is -0.0451. The van der Waals surface area contributed by atoms with Gasteiger partial charge in [0, 0.05) is 30.3 Å². The highest BCUT2D eigenvalue weighted by Crippen LogP contribution is 2.43. The molecule has 3 nitrogen and oxygen atoms in total. The van der Waals surface area contributed by atoms with Gasteiger partial charge >= 0.3 is 0 Å². The molecule has 1 fully saturated rings. The van der Waals surface area contributed by atoms with Gasteiger partial charge in [0.2, 0.25) is 0 Å². The molecule has 0 spiro atoms. The van der Waals surface area contributed by atoms with Gasteiger partial charge < -0.3 is 4.57 Å². The minimum Gasteiger partial charge on any atom is -0.311 e. The number of carbonyl (C=O) groups is 1. The summed E-state index contributed by atoms with van der Waals surface area (Å²) in [5.74, 6) is 0.788. The van der Waals surface area contributed by atoms with Crippen LogP contribution < -0.4 is 5.56 Å². The molecule has 0 aliphatic heterocycles. The maximum absolute atomic E-state index is 12.6. The lowest BCUT2D eigenvalue weighted by Gasteiger charge is -2.35. The Kier molecular flexibility index (Phi) is 2.40. The van der Waals surface area contributed by atoms with Crippen molar-refractivity contribution in [3.8, 4) is 0 Å². The zero-order chi connectivity index (χ0) is 13.9. The molecule has 2 aromatic rings. The van der Waals surface area contributed by atoms with Gasteiger partial charge in [-0.3, -0.25) is 9.59 Å². The van der Waals surface area contributed by atoms with E-state index in [0.29, 0.717) is 18.1 Å². The molecule has 0 saturated heterocycles. The van der Waals surface area contributed by atoms with Crippen LogP contribution in [-0.4, -0.2) is 10.4 Å². The van der Waals surface area contributed by atoms with Crippen LogP contribution in [0.1, 0.15) is 36.3 Å². The molecule has 0 amide bonds. The second kappa shape index (κ2) is 4.05. The fraction of sp³-hybridized carbons (Fsp3) is 0.412. The van der Waals surface area contributed by atoms with Crippen LogP contribution in [0.3, 0.4) is 0 Å². The lowest BCUT2D eigenvalue weighted by molar-refractivity contribution is -0.123. The lowest BCUT2D eigenvalue weighted by Crippen LogP contribution is -2.36. The number of hydrogen-bond acceptors (Lipinski definition) is 2. The number of para-hydroxylation sites is 1. The zero-order valence-corrected chi connectivity index (χ0v) is 11.6. The molecule has 1 heterocycles. The first-order valence-electron chi connectivity index (χ1n) is 7.30. The summed E-state index contributed by atoms with van der Waals surface area (Å²) in [6.07, 6.45) is 3.41. The Hall–Kier alpha value is -1.90. The fourth-order valence-corrected chi connectivity index (χ4v) is 4.03. The van der Waals surface area contributed by atoms with E-state index in [9.17, 15) is 9.59 Å². The molecule has 2 aliphatic rings. The molecule has 1 aromatic carbocycles. The van der Waals surface area contributed by atoms with Crippen LogP contribution in [-0.2, 0) is 18.3 Å². The molecule has 0 unspecified atom stereocenters. The summed E-state index contributed by atoms with van der Waals surface area (Å²) < 4.78 is 1.74. The predicted molar refractivity (Wildman–Crippen MR) is 78.0 cm³/mol. The maximum atomic E-state index is 12.6. The van der Waals surface area contributed by atoms with E-state index < -0.39 is 0 Å². The number of rotatable bonds is 0. The Labute approximate surface area is 117 Å². The van der Waals surface area contributed by atoms with Crippen molar-refractivity contribution < 1.29 is 4.79 Å².